The summed E-state index contributed by atoms with van der Waals surface area (Å²) in [4.78, 5) is 73.0. The second-order valence-electron chi connectivity index (χ2n) is 25.9. The molecule has 104 heavy (non-hydrogen) atoms. The zero-order chi connectivity index (χ0) is 76.0. The van der Waals surface area contributed by atoms with Crippen LogP contribution in [0.3, 0.4) is 0 Å². The molecular weight excluding hydrogens is 1350 g/mol. The molecule has 0 aromatic rings. The van der Waals surface area contributed by atoms with E-state index in [0.29, 0.717) is 38.5 Å². The van der Waals surface area contributed by atoms with Crippen LogP contribution in [0.25, 0.3) is 0 Å². The summed E-state index contributed by atoms with van der Waals surface area (Å²) in [6, 6.07) is 0. The topological polar surface area (TPSA) is 237 Å². The van der Waals surface area contributed by atoms with Gasteiger partial charge in [-0.05, 0) is 167 Å². The molecule has 0 saturated carbocycles. The number of phosphoric ester groups is 2. The summed E-state index contributed by atoms with van der Waals surface area (Å²) in [6.45, 7) is 4.46. The van der Waals surface area contributed by atoms with Gasteiger partial charge in [-0.2, -0.15) is 0 Å². The molecule has 0 aliphatic heterocycles. The number of aliphatic hydroxyl groups is 1. The van der Waals surface area contributed by atoms with Crippen LogP contribution in [0.15, 0.2) is 158 Å². The minimum absolute atomic E-state index is 0.0249. The molecule has 0 spiro atoms. The first-order valence-corrected chi connectivity index (χ1v) is 42.7. The van der Waals surface area contributed by atoms with Crippen LogP contribution < -0.4 is 0 Å². The fourth-order valence-corrected chi connectivity index (χ4v) is 11.5. The second-order valence-corrected chi connectivity index (χ2v) is 28.8. The van der Waals surface area contributed by atoms with Crippen molar-refractivity contribution in [2.75, 3.05) is 39.6 Å². The van der Waals surface area contributed by atoms with Crippen LogP contribution in [-0.2, 0) is 65.4 Å². The first kappa shape index (κ1) is 98.7. The molecule has 0 rings (SSSR count). The number of esters is 4. The van der Waals surface area contributed by atoms with Crippen molar-refractivity contribution in [3.8, 4) is 0 Å². The van der Waals surface area contributed by atoms with Crippen molar-refractivity contribution in [2.24, 2.45) is 0 Å². The third-order valence-electron chi connectivity index (χ3n) is 16.0. The quantitative estimate of drug-likeness (QED) is 0.0169. The van der Waals surface area contributed by atoms with E-state index in [1.165, 1.54) is 44.9 Å². The number of phosphoric acid groups is 2. The van der Waals surface area contributed by atoms with Gasteiger partial charge in [0.05, 0.1) is 26.4 Å². The predicted octanol–water partition coefficient (Wildman–Crippen LogP) is 23.2. The second kappa shape index (κ2) is 75.9. The van der Waals surface area contributed by atoms with E-state index < -0.39 is 97.5 Å². The van der Waals surface area contributed by atoms with Gasteiger partial charge in [0.2, 0.25) is 0 Å². The standard InChI is InChI=1S/C85H140O17P2/c1-5-9-13-17-21-25-29-33-36-38-39-41-44-47-50-54-58-62-66-70-83(88)95-75-80(101-84(89)71-67-63-59-55-51-45-32-28-24-20-16-12-8-4)77-99-103(91,92)97-73-79(86)74-98-104(93,94)100-78-81(102-85(90)72-68-64-60-56-52-48-42-35-31-27-23-19-15-11-7-3)76-96-82(87)69-65-61-57-53-49-46-43-40-37-34-30-26-22-18-14-10-6-2/h10-11,14-15,21-23,25-28,32-37,39,41-43,46,52-53,56-57,79-81,86H,5-9,12-13,16-20,24,29-31,38,40,44-45,47-51,54-55,58-78H2,1-4H3,(H,91,92)(H,93,94)/b14-10-,15-11-,25-21-,26-22-,27-23-,32-28-,36-33-,37-34-,41-39-,42-35-,46-43-,56-52-,57-53-. The summed E-state index contributed by atoms with van der Waals surface area (Å²) in [5.41, 5.74) is 0. The van der Waals surface area contributed by atoms with Crippen molar-refractivity contribution in [3.05, 3.63) is 158 Å². The first-order chi connectivity index (χ1) is 50.7. The van der Waals surface area contributed by atoms with E-state index in [1.807, 2.05) is 12.2 Å². The number of ether oxygens (including phenoxy) is 4. The monoisotopic (exact) mass is 1490 g/mol. The molecule has 0 aliphatic carbocycles. The Morgan fingerprint density at radius 1 is 0.279 bits per heavy atom. The number of allylic oxidation sites excluding steroid dienone is 26. The van der Waals surface area contributed by atoms with E-state index in [4.69, 9.17) is 37.0 Å². The fraction of sp³-hybridized carbons (Fsp3) is 0.647. The number of rotatable bonds is 73. The molecule has 5 unspecified atom stereocenters. The molecule has 0 radical (unpaired) electrons. The van der Waals surface area contributed by atoms with Crippen LogP contribution in [0.1, 0.15) is 297 Å². The molecule has 592 valence electrons. The summed E-state index contributed by atoms with van der Waals surface area (Å²) >= 11 is 0. The molecule has 0 bridgehead atoms. The van der Waals surface area contributed by atoms with E-state index in [0.717, 1.165) is 161 Å². The van der Waals surface area contributed by atoms with Crippen LogP contribution >= 0.6 is 15.6 Å². The average molecular weight is 1500 g/mol. The van der Waals surface area contributed by atoms with Crippen LogP contribution in [0, 0.1) is 0 Å². The molecule has 0 saturated heterocycles. The van der Waals surface area contributed by atoms with Gasteiger partial charge in [0.15, 0.2) is 12.2 Å². The third kappa shape index (κ3) is 74.9. The number of hydrogen-bond acceptors (Lipinski definition) is 15. The largest absolute Gasteiger partial charge is 0.472 e. The Kier molecular flexibility index (Phi) is 72.0. The Hall–Kier alpha value is -5.32. The van der Waals surface area contributed by atoms with Gasteiger partial charge in [-0.15, -0.1) is 0 Å². The Morgan fingerprint density at radius 3 is 0.856 bits per heavy atom. The molecule has 3 N–H and O–H groups in total. The molecular formula is C85H140O17P2. The molecule has 5 atom stereocenters. The molecule has 0 aromatic carbocycles. The summed E-state index contributed by atoms with van der Waals surface area (Å²) < 4.78 is 68.5. The Labute approximate surface area is 629 Å². The maximum atomic E-state index is 13.1. The zero-order valence-corrected chi connectivity index (χ0v) is 66.4. The highest BCUT2D eigenvalue weighted by molar-refractivity contribution is 7.47. The van der Waals surface area contributed by atoms with Gasteiger partial charge >= 0.3 is 39.5 Å². The van der Waals surface area contributed by atoms with Gasteiger partial charge in [-0.25, -0.2) is 9.13 Å². The maximum Gasteiger partial charge on any atom is 0.472 e. The van der Waals surface area contributed by atoms with Crippen LogP contribution in [0.4, 0.5) is 0 Å². The van der Waals surface area contributed by atoms with Crippen LogP contribution in [0.5, 0.6) is 0 Å². The van der Waals surface area contributed by atoms with Gasteiger partial charge in [-0.3, -0.25) is 37.3 Å². The number of aliphatic hydroxyl groups excluding tert-OH is 1. The Bertz CT molecular complexity index is 2590. The van der Waals surface area contributed by atoms with E-state index in [2.05, 4.69) is 174 Å². The fourth-order valence-electron chi connectivity index (χ4n) is 9.95. The lowest BCUT2D eigenvalue weighted by atomic mass is 10.1. The molecule has 0 fully saturated rings. The van der Waals surface area contributed by atoms with Crippen LogP contribution in [0.2, 0.25) is 0 Å². The first-order valence-electron chi connectivity index (χ1n) is 39.7. The van der Waals surface area contributed by atoms with Crippen molar-refractivity contribution < 1.29 is 80.2 Å². The number of carbonyl (C=O) groups excluding carboxylic acids is 4. The summed E-state index contributed by atoms with van der Waals surface area (Å²) in [6.07, 6.45) is 88.1. The molecule has 0 aromatic heterocycles. The van der Waals surface area contributed by atoms with E-state index in [1.54, 1.807) is 0 Å². The van der Waals surface area contributed by atoms with Crippen molar-refractivity contribution in [3.63, 3.8) is 0 Å². The van der Waals surface area contributed by atoms with E-state index in [9.17, 15) is 43.2 Å². The third-order valence-corrected chi connectivity index (χ3v) is 17.9. The molecule has 0 aliphatic rings. The summed E-state index contributed by atoms with van der Waals surface area (Å²) in [7, 11) is -10.0. The molecule has 0 amide bonds. The van der Waals surface area contributed by atoms with E-state index >= 15 is 0 Å². The number of carbonyl (C=O) groups is 4. The minimum atomic E-state index is -5.01. The Morgan fingerprint density at radius 2 is 0.510 bits per heavy atom. The van der Waals surface area contributed by atoms with Gasteiger partial charge in [0.25, 0.3) is 0 Å². The molecule has 17 nitrogen and oxygen atoms in total. The van der Waals surface area contributed by atoms with Crippen molar-refractivity contribution in [1.82, 2.24) is 0 Å². The highest BCUT2D eigenvalue weighted by Gasteiger charge is 2.30. The van der Waals surface area contributed by atoms with Crippen LogP contribution in [-0.4, -0.2) is 96.7 Å². The number of hydrogen-bond donors (Lipinski definition) is 3. The van der Waals surface area contributed by atoms with Gasteiger partial charge in [-0.1, -0.05) is 263 Å². The normalized spacial score (nSPS) is 14.7. The lowest BCUT2D eigenvalue weighted by Crippen LogP contribution is -2.30. The van der Waals surface area contributed by atoms with Gasteiger partial charge in [0.1, 0.15) is 19.3 Å². The summed E-state index contributed by atoms with van der Waals surface area (Å²) in [5.74, 6) is -2.32. The predicted molar refractivity (Wildman–Crippen MR) is 427 cm³/mol. The highest BCUT2D eigenvalue weighted by atomic mass is 31.2. The van der Waals surface area contributed by atoms with Gasteiger partial charge < -0.3 is 33.8 Å². The van der Waals surface area contributed by atoms with Crippen molar-refractivity contribution >= 4 is 39.5 Å². The molecule has 19 heteroatoms. The highest BCUT2D eigenvalue weighted by Crippen LogP contribution is 2.45. The summed E-state index contributed by atoms with van der Waals surface area (Å²) in [5, 5.41) is 10.6. The average Bonchev–Trinajstić information content (AvgIpc) is 0.939. The smallest absolute Gasteiger partial charge is 0.462 e. The van der Waals surface area contributed by atoms with Crippen molar-refractivity contribution in [1.29, 1.82) is 0 Å². The Balaban J connectivity index is 5.45. The lowest BCUT2D eigenvalue weighted by Gasteiger charge is -2.21. The number of unbranched alkanes of at least 4 members (excludes halogenated alkanes) is 21. The maximum absolute atomic E-state index is 13.1. The zero-order valence-electron chi connectivity index (χ0n) is 64.6. The lowest BCUT2D eigenvalue weighted by molar-refractivity contribution is -0.161. The molecule has 0 heterocycles. The van der Waals surface area contributed by atoms with Gasteiger partial charge in [0, 0.05) is 25.7 Å². The SMILES string of the molecule is CC/C=C\C/C=C\C/C=C\C/C=C\C/C=C\CCCC(=O)OCC(COP(=O)(O)OCC(O)COP(=O)(O)OCC(COC(=O)CCCCCCCC/C=C\C/C=C\C/C=C\CCCCC)OC(=O)CCCCCCC/C=C\CCCCCC)OC(=O)CCCC/C=C\C/C=C\C/C=C\C/C=C\CC. The van der Waals surface area contributed by atoms with E-state index in [-0.39, 0.29) is 25.7 Å². The van der Waals surface area contributed by atoms with Crippen molar-refractivity contribution in [2.45, 2.75) is 316 Å². The minimum Gasteiger partial charge on any atom is -0.462 e.